The predicted molar refractivity (Wildman–Crippen MR) is 68.0 cm³/mol. The highest BCUT2D eigenvalue weighted by Crippen LogP contribution is 2.21. The van der Waals surface area contributed by atoms with Crippen LogP contribution in [0, 0.1) is 0 Å². The van der Waals surface area contributed by atoms with Crippen molar-refractivity contribution < 1.29 is 0 Å². The number of aromatic nitrogens is 2. The third-order valence-corrected chi connectivity index (χ3v) is 3.41. The Balaban J connectivity index is 2.05. The van der Waals surface area contributed by atoms with Crippen LogP contribution in [0.5, 0.6) is 0 Å². The maximum absolute atomic E-state index is 5.72. The van der Waals surface area contributed by atoms with Gasteiger partial charge in [-0.25, -0.2) is 4.98 Å². The van der Waals surface area contributed by atoms with Gasteiger partial charge in [0.2, 0.25) is 0 Å². The lowest BCUT2D eigenvalue weighted by Crippen LogP contribution is -2.16. The third-order valence-electron chi connectivity index (χ3n) is 2.13. The zero-order valence-electron chi connectivity index (χ0n) is 8.93. The molecule has 0 saturated carbocycles. The van der Waals surface area contributed by atoms with Crippen LogP contribution >= 0.6 is 22.9 Å². The Morgan fingerprint density at radius 1 is 1.38 bits per heavy atom. The molecule has 0 saturated heterocycles. The molecule has 0 aliphatic heterocycles. The molecule has 2 aromatic heterocycles. The lowest BCUT2D eigenvalue weighted by atomic mass is 10.3. The lowest BCUT2D eigenvalue weighted by molar-refractivity contribution is 0.876. The highest BCUT2D eigenvalue weighted by Gasteiger charge is 2.07. The fourth-order valence-corrected chi connectivity index (χ4v) is 2.36. The van der Waals surface area contributed by atoms with Gasteiger partial charge in [0.15, 0.2) is 5.13 Å². The van der Waals surface area contributed by atoms with Crippen LogP contribution in [0.15, 0.2) is 29.8 Å². The second kappa shape index (κ2) is 5.27. The quantitative estimate of drug-likeness (QED) is 0.785. The minimum Gasteiger partial charge on any atom is -0.345 e. The first-order valence-corrected chi connectivity index (χ1v) is 6.32. The average molecular weight is 254 g/mol. The molecule has 16 heavy (non-hydrogen) atoms. The molecule has 0 atom stereocenters. The van der Waals surface area contributed by atoms with Crippen molar-refractivity contribution in [2.45, 2.75) is 12.4 Å². The van der Waals surface area contributed by atoms with E-state index in [1.807, 2.05) is 30.6 Å². The maximum atomic E-state index is 5.72. The lowest BCUT2D eigenvalue weighted by Gasteiger charge is -2.14. The van der Waals surface area contributed by atoms with Crippen molar-refractivity contribution in [3.63, 3.8) is 0 Å². The van der Waals surface area contributed by atoms with Crippen molar-refractivity contribution in [2.24, 2.45) is 0 Å². The molecule has 0 aliphatic carbocycles. The minimum absolute atomic E-state index is 0.466. The normalized spacial score (nSPS) is 10.4. The molecule has 5 heteroatoms. The molecule has 0 aromatic carbocycles. The summed E-state index contributed by atoms with van der Waals surface area (Å²) in [7, 11) is 2.01. The Morgan fingerprint density at radius 3 is 2.88 bits per heavy atom. The van der Waals surface area contributed by atoms with E-state index in [1.54, 1.807) is 17.5 Å². The van der Waals surface area contributed by atoms with Gasteiger partial charge in [-0.05, 0) is 12.1 Å². The number of thiazole rings is 1. The molecule has 0 amide bonds. The van der Waals surface area contributed by atoms with Gasteiger partial charge in [-0.2, -0.15) is 0 Å². The van der Waals surface area contributed by atoms with E-state index in [4.69, 9.17) is 11.6 Å². The molecule has 0 spiro atoms. The molecule has 2 rings (SSSR count). The monoisotopic (exact) mass is 253 g/mol. The molecular weight excluding hydrogens is 242 g/mol. The Morgan fingerprint density at radius 2 is 2.25 bits per heavy atom. The highest BCUT2D eigenvalue weighted by molar-refractivity contribution is 7.13. The predicted octanol–water partition coefficient (Wildman–Crippen LogP) is 2.91. The fraction of sp³-hybridized carbons (Fsp3) is 0.273. The number of nitrogens with zero attached hydrogens (tertiary/aromatic N) is 3. The van der Waals surface area contributed by atoms with Crippen LogP contribution in [0.3, 0.4) is 0 Å². The summed E-state index contributed by atoms with van der Waals surface area (Å²) >= 11 is 7.32. The van der Waals surface area contributed by atoms with Crippen LogP contribution in [-0.4, -0.2) is 17.0 Å². The number of anilines is 1. The molecule has 0 N–H and O–H groups in total. The summed E-state index contributed by atoms with van der Waals surface area (Å²) in [6, 6.07) is 5.91. The maximum Gasteiger partial charge on any atom is 0.185 e. The van der Waals surface area contributed by atoms with E-state index in [1.165, 1.54) is 0 Å². The van der Waals surface area contributed by atoms with Crippen molar-refractivity contribution in [1.29, 1.82) is 0 Å². The van der Waals surface area contributed by atoms with E-state index >= 15 is 0 Å². The van der Waals surface area contributed by atoms with Gasteiger partial charge in [-0.15, -0.1) is 22.9 Å². The smallest absolute Gasteiger partial charge is 0.185 e. The molecule has 2 aromatic rings. The van der Waals surface area contributed by atoms with Gasteiger partial charge >= 0.3 is 0 Å². The van der Waals surface area contributed by atoms with E-state index in [0.29, 0.717) is 5.88 Å². The van der Waals surface area contributed by atoms with Crippen LogP contribution in [0.2, 0.25) is 0 Å². The van der Waals surface area contributed by atoms with Crippen LogP contribution in [0.1, 0.15) is 11.4 Å². The Bertz CT molecular complexity index is 444. The minimum atomic E-state index is 0.466. The topological polar surface area (TPSA) is 29.0 Å². The van der Waals surface area contributed by atoms with E-state index in [9.17, 15) is 0 Å². The summed E-state index contributed by atoms with van der Waals surface area (Å²) in [4.78, 5) is 10.8. The van der Waals surface area contributed by atoms with Gasteiger partial charge in [0, 0.05) is 18.6 Å². The summed E-state index contributed by atoms with van der Waals surface area (Å²) in [6.07, 6.45) is 1.80. The molecule has 0 unspecified atom stereocenters. The van der Waals surface area contributed by atoms with E-state index in [2.05, 4.69) is 14.9 Å². The zero-order chi connectivity index (χ0) is 11.4. The zero-order valence-corrected chi connectivity index (χ0v) is 10.5. The number of halogens is 1. The van der Waals surface area contributed by atoms with Crippen LogP contribution in [0.4, 0.5) is 5.13 Å². The van der Waals surface area contributed by atoms with E-state index in [0.717, 1.165) is 23.1 Å². The Hall–Kier alpha value is -1.13. The molecular formula is C11H12ClN3S. The third kappa shape index (κ3) is 2.71. The second-order valence-electron chi connectivity index (χ2n) is 3.43. The second-order valence-corrected chi connectivity index (χ2v) is 4.54. The van der Waals surface area contributed by atoms with Crippen LogP contribution in [-0.2, 0) is 12.4 Å². The van der Waals surface area contributed by atoms with Crippen LogP contribution in [0.25, 0.3) is 0 Å². The number of alkyl halides is 1. The van der Waals surface area contributed by atoms with E-state index in [-0.39, 0.29) is 0 Å². The number of pyridine rings is 1. The highest BCUT2D eigenvalue weighted by atomic mass is 35.5. The fourth-order valence-electron chi connectivity index (χ4n) is 1.34. The van der Waals surface area contributed by atoms with Crippen molar-refractivity contribution in [2.75, 3.05) is 11.9 Å². The summed E-state index contributed by atoms with van der Waals surface area (Å²) in [5.74, 6) is 0.466. The van der Waals surface area contributed by atoms with Gasteiger partial charge < -0.3 is 4.90 Å². The van der Waals surface area contributed by atoms with Crippen molar-refractivity contribution in [3.8, 4) is 0 Å². The SMILES string of the molecule is CN(Cc1ccccn1)c1nc(CCl)cs1. The molecule has 2 heterocycles. The summed E-state index contributed by atoms with van der Waals surface area (Å²) in [5, 5.41) is 2.96. The molecule has 0 fully saturated rings. The summed E-state index contributed by atoms with van der Waals surface area (Å²) in [5.41, 5.74) is 1.96. The number of rotatable bonds is 4. The standard InChI is InChI=1S/C11H12ClN3S/c1-15(7-9-4-2-3-5-13-9)11-14-10(6-12)8-16-11/h2-5,8H,6-7H2,1H3. The van der Waals surface area contributed by atoms with Gasteiger partial charge in [-0.3, -0.25) is 4.98 Å². The van der Waals surface area contributed by atoms with Gasteiger partial charge in [-0.1, -0.05) is 6.07 Å². The summed E-state index contributed by atoms with van der Waals surface area (Å²) in [6.45, 7) is 0.760. The van der Waals surface area contributed by atoms with Gasteiger partial charge in [0.05, 0.1) is 23.8 Å². The van der Waals surface area contributed by atoms with Gasteiger partial charge in [0.1, 0.15) is 0 Å². The molecule has 0 radical (unpaired) electrons. The molecule has 84 valence electrons. The average Bonchev–Trinajstić information content (AvgIpc) is 2.79. The summed E-state index contributed by atoms with van der Waals surface area (Å²) < 4.78 is 0. The molecule has 3 nitrogen and oxygen atoms in total. The van der Waals surface area contributed by atoms with Crippen LogP contribution < -0.4 is 4.90 Å². The molecule has 0 aliphatic rings. The number of hydrogen-bond donors (Lipinski definition) is 0. The van der Waals surface area contributed by atoms with Crippen molar-refractivity contribution >= 4 is 28.1 Å². The van der Waals surface area contributed by atoms with E-state index < -0.39 is 0 Å². The first kappa shape index (κ1) is 11.4. The molecule has 0 bridgehead atoms. The van der Waals surface area contributed by atoms with Crippen molar-refractivity contribution in [3.05, 3.63) is 41.2 Å². The van der Waals surface area contributed by atoms with Crippen molar-refractivity contribution in [1.82, 2.24) is 9.97 Å². The Kier molecular flexibility index (Phi) is 3.74. The first-order valence-electron chi connectivity index (χ1n) is 4.91. The largest absolute Gasteiger partial charge is 0.345 e. The van der Waals surface area contributed by atoms with Gasteiger partial charge in [0.25, 0.3) is 0 Å². The Labute approximate surface area is 104 Å². The first-order chi connectivity index (χ1) is 7.79. The number of hydrogen-bond acceptors (Lipinski definition) is 4.